The first-order chi connectivity index (χ1) is 20.0. The molecular formula is C32H28Cl2N2O6. The van der Waals surface area contributed by atoms with E-state index >= 15 is 0 Å². The Bertz CT molecular complexity index is 1580. The summed E-state index contributed by atoms with van der Waals surface area (Å²) in [6.07, 6.45) is 6.36. The molecule has 42 heavy (non-hydrogen) atoms. The number of nitrogens with one attached hydrogen (secondary N) is 1. The molecule has 0 fully saturated rings. The Hall–Kier alpha value is -4.40. The predicted molar refractivity (Wildman–Crippen MR) is 163 cm³/mol. The number of aryl methyl sites for hydroxylation is 1. The molecule has 0 spiro atoms. The van der Waals surface area contributed by atoms with Crippen LogP contribution in [0.5, 0.6) is 0 Å². The van der Waals surface area contributed by atoms with Gasteiger partial charge in [-0.3, -0.25) is 14.4 Å². The SMILES string of the molecule is CC1(C(=O)O)C=CC=C(C(=O)O)C1.O=C(Nc1ccc(C(=O)N2CCCc3ccccc32)cc1)c1cc(Cl)cc(Cl)c1. The van der Waals surface area contributed by atoms with Gasteiger partial charge in [0.25, 0.3) is 11.8 Å². The van der Waals surface area contributed by atoms with E-state index in [9.17, 15) is 19.2 Å². The summed E-state index contributed by atoms with van der Waals surface area (Å²) in [7, 11) is 0. The number of rotatable bonds is 5. The van der Waals surface area contributed by atoms with Gasteiger partial charge < -0.3 is 20.4 Å². The van der Waals surface area contributed by atoms with Crippen molar-refractivity contribution in [3.63, 3.8) is 0 Å². The highest BCUT2D eigenvalue weighted by Crippen LogP contribution is 2.31. The number of aliphatic carboxylic acids is 2. The van der Waals surface area contributed by atoms with Gasteiger partial charge in [-0.1, -0.05) is 59.6 Å². The van der Waals surface area contributed by atoms with Gasteiger partial charge in [0.05, 0.1) is 5.41 Å². The maximum Gasteiger partial charge on any atom is 0.331 e. The molecule has 8 nitrogen and oxygen atoms in total. The average molecular weight is 607 g/mol. The predicted octanol–water partition coefficient (Wildman–Crippen LogP) is 6.89. The third kappa shape index (κ3) is 7.26. The summed E-state index contributed by atoms with van der Waals surface area (Å²) >= 11 is 11.9. The zero-order valence-corrected chi connectivity index (χ0v) is 24.2. The quantitative estimate of drug-likeness (QED) is 0.290. The Morgan fingerprint density at radius 2 is 1.57 bits per heavy atom. The molecule has 1 aliphatic heterocycles. The number of hydrogen-bond acceptors (Lipinski definition) is 4. The second-order valence-electron chi connectivity index (χ2n) is 10.1. The largest absolute Gasteiger partial charge is 0.481 e. The number of halogens is 2. The Morgan fingerprint density at radius 1 is 0.905 bits per heavy atom. The smallest absolute Gasteiger partial charge is 0.331 e. The maximum absolute atomic E-state index is 13.0. The molecule has 3 aromatic carbocycles. The summed E-state index contributed by atoms with van der Waals surface area (Å²) < 4.78 is 0. The van der Waals surface area contributed by atoms with Crippen molar-refractivity contribution >= 4 is 58.3 Å². The minimum absolute atomic E-state index is 0.0359. The fraction of sp³-hybridized carbons (Fsp3) is 0.188. The molecule has 2 aliphatic rings. The number of allylic oxidation sites excluding steroid dienone is 2. The highest BCUT2D eigenvalue weighted by Gasteiger charge is 2.34. The Kier molecular flexibility index (Phi) is 9.50. The lowest BCUT2D eigenvalue weighted by Gasteiger charge is -2.29. The van der Waals surface area contributed by atoms with Gasteiger partial charge in [-0.05, 0) is 80.3 Å². The molecule has 0 radical (unpaired) electrons. The van der Waals surface area contributed by atoms with Crippen molar-refractivity contribution in [2.45, 2.75) is 26.2 Å². The number of nitrogens with zero attached hydrogens (tertiary/aromatic N) is 1. The summed E-state index contributed by atoms with van der Waals surface area (Å²) in [6, 6.07) is 19.5. The van der Waals surface area contributed by atoms with Crippen LogP contribution in [0, 0.1) is 5.41 Å². The molecule has 0 saturated heterocycles. The van der Waals surface area contributed by atoms with E-state index in [-0.39, 0.29) is 23.8 Å². The monoisotopic (exact) mass is 606 g/mol. The van der Waals surface area contributed by atoms with E-state index in [1.54, 1.807) is 42.5 Å². The molecule has 1 heterocycles. The molecule has 10 heteroatoms. The normalized spacial score (nSPS) is 17.2. The number of anilines is 2. The van der Waals surface area contributed by atoms with Crippen molar-refractivity contribution in [1.29, 1.82) is 0 Å². The first kappa shape index (κ1) is 30.6. The number of amides is 2. The van der Waals surface area contributed by atoms with Crippen LogP contribution in [0.1, 0.15) is 46.0 Å². The lowest BCUT2D eigenvalue weighted by molar-refractivity contribution is -0.145. The fourth-order valence-corrected chi connectivity index (χ4v) is 5.19. The number of carbonyl (C=O) groups is 4. The van der Waals surface area contributed by atoms with Crippen LogP contribution in [0.2, 0.25) is 10.0 Å². The van der Waals surface area contributed by atoms with Crippen LogP contribution in [0.4, 0.5) is 11.4 Å². The molecule has 0 saturated carbocycles. The number of para-hydroxylation sites is 1. The first-order valence-corrected chi connectivity index (χ1v) is 13.8. The molecule has 3 N–H and O–H groups in total. The molecule has 0 bridgehead atoms. The lowest BCUT2D eigenvalue weighted by Crippen LogP contribution is -2.35. The molecule has 2 amide bonds. The zero-order chi connectivity index (χ0) is 30.4. The first-order valence-electron chi connectivity index (χ1n) is 13.1. The van der Waals surface area contributed by atoms with Crippen molar-refractivity contribution in [3.05, 3.63) is 117 Å². The van der Waals surface area contributed by atoms with E-state index in [1.165, 1.54) is 30.7 Å². The molecule has 1 atom stereocenters. The van der Waals surface area contributed by atoms with Gasteiger partial charge in [0.2, 0.25) is 0 Å². The van der Waals surface area contributed by atoms with Crippen LogP contribution >= 0.6 is 23.2 Å². The number of carbonyl (C=O) groups excluding carboxylic acids is 2. The Balaban J connectivity index is 0.000000262. The van der Waals surface area contributed by atoms with E-state index < -0.39 is 17.4 Å². The molecular weight excluding hydrogens is 579 g/mol. The number of hydrogen-bond donors (Lipinski definition) is 3. The molecule has 0 aromatic heterocycles. The van der Waals surface area contributed by atoms with E-state index in [0.29, 0.717) is 33.4 Å². The van der Waals surface area contributed by atoms with Crippen LogP contribution in [-0.4, -0.2) is 40.5 Å². The van der Waals surface area contributed by atoms with Crippen LogP contribution in [-0.2, 0) is 16.0 Å². The van der Waals surface area contributed by atoms with Crippen LogP contribution in [0.15, 0.2) is 90.5 Å². The number of benzene rings is 3. The second-order valence-corrected chi connectivity index (χ2v) is 11.0. The summed E-state index contributed by atoms with van der Waals surface area (Å²) in [5.74, 6) is -2.43. The van der Waals surface area contributed by atoms with Gasteiger partial charge in [-0.25, -0.2) is 4.79 Å². The Morgan fingerprint density at radius 3 is 2.21 bits per heavy atom. The van der Waals surface area contributed by atoms with E-state index in [0.717, 1.165) is 18.5 Å². The summed E-state index contributed by atoms with van der Waals surface area (Å²) in [6.45, 7) is 2.20. The highest BCUT2D eigenvalue weighted by atomic mass is 35.5. The van der Waals surface area contributed by atoms with E-state index in [1.807, 2.05) is 23.1 Å². The summed E-state index contributed by atoms with van der Waals surface area (Å²) in [5.41, 5.74) is 2.74. The third-order valence-corrected chi connectivity index (χ3v) is 7.39. The number of fused-ring (bicyclic) bond motifs is 1. The van der Waals surface area contributed by atoms with Crippen LogP contribution in [0.3, 0.4) is 0 Å². The minimum Gasteiger partial charge on any atom is -0.481 e. The van der Waals surface area contributed by atoms with E-state index in [2.05, 4.69) is 11.4 Å². The molecule has 3 aromatic rings. The van der Waals surface area contributed by atoms with Gasteiger partial charge in [-0.15, -0.1) is 0 Å². The van der Waals surface area contributed by atoms with Crippen LogP contribution in [0.25, 0.3) is 0 Å². The van der Waals surface area contributed by atoms with Crippen molar-refractivity contribution in [1.82, 2.24) is 0 Å². The molecule has 1 aliphatic carbocycles. The van der Waals surface area contributed by atoms with Crippen LogP contribution < -0.4 is 10.2 Å². The average Bonchev–Trinajstić information content (AvgIpc) is 2.96. The van der Waals surface area contributed by atoms with Gasteiger partial charge >= 0.3 is 11.9 Å². The second kappa shape index (κ2) is 13.1. The van der Waals surface area contributed by atoms with Gasteiger partial charge in [0.15, 0.2) is 0 Å². The van der Waals surface area contributed by atoms with Crippen molar-refractivity contribution in [3.8, 4) is 0 Å². The fourth-order valence-electron chi connectivity index (χ4n) is 4.67. The molecule has 5 rings (SSSR count). The third-order valence-electron chi connectivity index (χ3n) is 6.95. The number of carboxylic acid groups (broad SMARTS) is 2. The van der Waals surface area contributed by atoms with Crippen molar-refractivity contribution in [2.24, 2.45) is 5.41 Å². The molecule has 216 valence electrons. The summed E-state index contributed by atoms with van der Waals surface area (Å²) in [4.78, 5) is 48.6. The highest BCUT2D eigenvalue weighted by molar-refractivity contribution is 6.35. The van der Waals surface area contributed by atoms with Gasteiger partial charge in [-0.2, -0.15) is 0 Å². The topological polar surface area (TPSA) is 124 Å². The maximum atomic E-state index is 13.0. The Labute approximate surface area is 252 Å². The van der Waals surface area contributed by atoms with E-state index in [4.69, 9.17) is 33.4 Å². The minimum atomic E-state index is -1.08. The van der Waals surface area contributed by atoms with Crippen molar-refractivity contribution in [2.75, 3.05) is 16.8 Å². The molecule has 1 unspecified atom stereocenters. The van der Waals surface area contributed by atoms with Gasteiger partial charge in [0, 0.05) is 44.7 Å². The zero-order valence-electron chi connectivity index (χ0n) is 22.6. The standard InChI is InChI=1S/C23H18Cl2N2O2.C9H10O4/c24-18-12-17(13-19(25)14-18)22(28)26-20-9-7-16(8-10-20)23(29)27-11-3-5-15-4-1-2-6-21(15)27;1-9(8(12)13)4-2-3-6(5-9)7(10)11/h1-2,4,6-10,12-14H,3,5,11H2,(H,26,28);2-4H,5H2,1H3,(H,10,11)(H,12,13). The van der Waals surface area contributed by atoms with Crippen molar-refractivity contribution < 1.29 is 29.4 Å². The van der Waals surface area contributed by atoms with Gasteiger partial charge in [0.1, 0.15) is 0 Å². The summed E-state index contributed by atoms with van der Waals surface area (Å²) in [5, 5.41) is 21.1. The number of carboxylic acids is 2. The lowest BCUT2D eigenvalue weighted by atomic mass is 9.80.